The average molecular weight is 414 g/mol. The number of nitrogens with zero attached hydrogens (tertiary/aromatic N) is 1. The zero-order valence-electron chi connectivity index (χ0n) is 15.0. The number of carboxylic acids is 1. The predicted molar refractivity (Wildman–Crippen MR) is 111 cm³/mol. The summed E-state index contributed by atoms with van der Waals surface area (Å²) in [6.45, 7) is 1.09. The van der Waals surface area contributed by atoms with Crippen molar-refractivity contribution in [2.45, 2.75) is 37.5 Å². The summed E-state index contributed by atoms with van der Waals surface area (Å²) in [5.41, 5.74) is 5.72. The molecule has 1 saturated heterocycles. The number of carbonyl (C=O) groups is 1. The summed E-state index contributed by atoms with van der Waals surface area (Å²) in [5, 5.41) is 31.8. The van der Waals surface area contributed by atoms with Crippen LogP contribution in [0.25, 0.3) is 0 Å². The van der Waals surface area contributed by atoms with Crippen molar-refractivity contribution in [3.05, 3.63) is 29.3 Å². The minimum Gasteiger partial charge on any atom is -0.480 e. The fourth-order valence-electron chi connectivity index (χ4n) is 3.33. The van der Waals surface area contributed by atoms with Gasteiger partial charge in [0.05, 0.1) is 0 Å². The lowest BCUT2D eigenvalue weighted by atomic mass is 9.77. The van der Waals surface area contributed by atoms with Crippen LogP contribution in [-0.2, 0) is 4.79 Å². The number of hydrogen-bond donors (Lipinski definition) is 5. The third-order valence-electron chi connectivity index (χ3n) is 5.00. The van der Waals surface area contributed by atoms with E-state index in [0.717, 1.165) is 5.69 Å². The highest BCUT2D eigenvalue weighted by atomic mass is 35.5. The van der Waals surface area contributed by atoms with E-state index in [0.29, 0.717) is 42.5 Å². The Hall–Kier alpha value is -1.39. The van der Waals surface area contributed by atoms with Gasteiger partial charge < -0.3 is 31.1 Å². The van der Waals surface area contributed by atoms with Gasteiger partial charge in [0, 0.05) is 29.7 Å². The van der Waals surface area contributed by atoms with Gasteiger partial charge in [-0.15, -0.1) is 0 Å². The van der Waals surface area contributed by atoms with Crippen molar-refractivity contribution in [1.29, 1.82) is 0 Å². The summed E-state index contributed by atoms with van der Waals surface area (Å²) < 4.78 is 0. The molecule has 7 nitrogen and oxygen atoms in total. The lowest BCUT2D eigenvalue weighted by Crippen LogP contribution is -2.55. The van der Waals surface area contributed by atoms with E-state index in [2.05, 4.69) is 5.32 Å². The molecule has 1 aliphatic heterocycles. The molecule has 6 N–H and O–H groups in total. The maximum Gasteiger partial charge on any atom is 0.451 e. The number of carboxylic acid groups (broad SMARTS) is 1. The van der Waals surface area contributed by atoms with E-state index in [9.17, 15) is 9.90 Å². The molecule has 10 heteroatoms. The Morgan fingerprint density at radius 2 is 2.04 bits per heavy atom. The van der Waals surface area contributed by atoms with Gasteiger partial charge in [0.2, 0.25) is 0 Å². The van der Waals surface area contributed by atoms with Crippen LogP contribution in [0.15, 0.2) is 24.3 Å². The number of unbranched alkanes of at least 4 members (excludes halogenated alkanes) is 1. The number of thiocarbonyl (C=S) groups is 1. The highest BCUT2D eigenvalue weighted by molar-refractivity contribution is 7.80. The molecular formula is C17H25BClN3O4S. The van der Waals surface area contributed by atoms with Gasteiger partial charge in [0.25, 0.3) is 0 Å². The third-order valence-corrected chi connectivity index (χ3v) is 5.61. The molecule has 27 heavy (non-hydrogen) atoms. The van der Waals surface area contributed by atoms with Gasteiger partial charge in [-0.3, -0.25) is 4.79 Å². The number of halogens is 1. The molecule has 0 bridgehead atoms. The van der Waals surface area contributed by atoms with Crippen molar-refractivity contribution in [2.75, 3.05) is 18.4 Å². The molecule has 1 heterocycles. The van der Waals surface area contributed by atoms with E-state index in [4.69, 9.17) is 39.6 Å². The monoisotopic (exact) mass is 413 g/mol. The summed E-state index contributed by atoms with van der Waals surface area (Å²) >= 11 is 11.3. The number of benzene rings is 1. The van der Waals surface area contributed by atoms with E-state index >= 15 is 0 Å². The summed E-state index contributed by atoms with van der Waals surface area (Å²) in [4.78, 5) is 13.8. The molecule has 0 saturated carbocycles. The molecule has 1 aromatic rings. The molecule has 148 valence electrons. The standard InChI is InChI=1S/C17H25BClN3O4S/c19-13-3-5-14(6-4-13)21-16(27)22-10-7-12(11-22)17(20,15(23)24)8-1-2-9-18(25)26/h3-6,12,25-26H,1-2,7-11,20H2,(H,21,27)(H,23,24)/t12?,17-/m0/s1. The molecule has 0 aromatic heterocycles. The molecule has 0 amide bonds. The van der Waals surface area contributed by atoms with Crippen LogP contribution < -0.4 is 11.1 Å². The van der Waals surface area contributed by atoms with Crippen molar-refractivity contribution in [2.24, 2.45) is 11.7 Å². The predicted octanol–water partition coefficient (Wildman–Crippen LogP) is 1.78. The van der Waals surface area contributed by atoms with E-state index in [1.54, 1.807) is 12.1 Å². The lowest BCUT2D eigenvalue weighted by Gasteiger charge is -2.31. The molecule has 0 spiro atoms. The molecule has 0 radical (unpaired) electrons. The molecule has 0 aliphatic carbocycles. The second-order valence-electron chi connectivity index (χ2n) is 6.94. The summed E-state index contributed by atoms with van der Waals surface area (Å²) in [5.74, 6) is -1.27. The van der Waals surface area contributed by atoms with Crippen molar-refractivity contribution >= 4 is 47.7 Å². The Balaban J connectivity index is 1.93. The molecular weight excluding hydrogens is 389 g/mol. The van der Waals surface area contributed by atoms with E-state index in [1.807, 2.05) is 17.0 Å². The number of likely N-dealkylation sites (tertiary alicyclic amines) is 1. The molecule has 1 fully saturated rings. The number of nitrogens with one attached hydrogen (secondary N) is 1. The first-order chi connectivity index (χ1) is 12.7. The van der Waals surface area contributed by atoms with Gasteiger partial charge in [-0.2, -0.15) is 0 Å². The van der Waals surface area contributed by atoms with Crippen LogP contribution in [0.4, 0.5) is 5.69 Å². The minimum atomic E-state index is -1.37. The highest BCUT2D eigenvalue weighted by Gasteiger charge is 2.45. The Morgan fingerprint density at radius 3 is 2.63 bits per heavy atom. The first kappa shape index (κ1) is 21.9. The van der Waals surface area contributed by atoms with Gasteiger partial charge in [0.15, 0.2) is 5.11 Å². The van der Waals surface area contributed by atoms with Gasteiger partial charge >= 0.3 is 13.1 Å². The Bertz CT molecular complexity index is 664. The van der Waals surface area contributed by atoms with Crippen molar-refractivity contribution in [1.82, 2.24) is 4.90 Å². The molecule has 1 aromatic carbocycles. The molecule has 2 rings (SSSR count). The third kappa shape index (κ3) is 6.05. The van der Waals surface area contributed by atoms with Gasteiger partial charge in [0.1, 0.15) is 5.54 Å². The summed E-state index contributed by atoms with van der Waals surface area (Å²) in [6, 6.07) is 7.17. The normalized spacial score (nSPS) is 18.8. The van der Waals surface area contributed by atoms with Crippen molar-refractivity contribution in [3.63, 3.8) is 0 Å². The van der Waals surface area contributed by atoms with Crippen molar-refractivity contribution < 1.29 is 19.9 Å². The quantitative estimate of drug-likeness (QED) is 0.249. The first-order valence-electron chi connectivity index (χ1n) is 8.92. The Kier molecular flexibility index (Phi) is 7.87. The highest BCUT2D eigenvalue weighted by Crippen LogP contribution is 2.31. The summed E-state index contributed by atoms with van der Waals surface area (Å²) in [6.07, 6.45) is 2.15. The smallest absolute Gasteiger partial charge is 0.451 e. The van der Waals surface area contributed by atoms with Crippen LogP contribution >= 0.6 is 23.8 Å². The lowest BCUT2D eigenvalue weighted by molar-refractivity contribution is -0.145. The van der Waals surface area contributed by atoms with Gasteiger partial charge in [-0.25, -0.2) is 0 Å². The Labute approximate surface area is 169 Å². The van der Waals surface area contributed by atoms with Crippen LogP contribution in [0.1, 0.15) is 25.7 Å². The molecule has 2 atom stereocenters. The SMILES string of the molecule is N[C@](CCCCB(O)O)(C(=O)O)C1CCN(C(=S)Nc2ccc(Cl)cc2)C1. The van der Waals surface area contributed by atoms with E-state index < -0.39 is 18.6 Å². The van der Waals surface area contributed by atoms with Gasteiger partial charge in [-0.05, 0) is 55.6 Å². The number of nitrogens with two attached hydrogens (primary N) is 1. The van der Waals surface area contributed by atoms with Crippen LogP contribution in [-0.4, -0.2) is 56.9 Å². The average Bonchev–Trinajstić information content (AvgIpc) is 3.11. The zero-order valence-corrected chi connectivity index (χ0v) is 16.5. The van der Waals surface area contributed by atoms with E-state index in [1.165, 1.54) is 0 Å². The maximum atomic E-state index is 11.8. The molecule has 1 aliphatic rings. The van der Waals surface area contributed by atoms with Crippen LogP contribution in [0.2, 0.25) is 11.3 Å². The van der Waals surface area contributed by atoms with Crippen LogP contribution in [0.5, 0.6) is 0 Å². The Morgan fingerprint density at radius 1 is 1.37 bits per heavy atom. The number of anilines is 1. The fourth-order valence-corrected chi connectivity index (χ4v) is 3.74. The maximum absolute atomic E-state index is 11.8. The van der Waals surface area contributed by atoms with Crippen LogP contribution in [0, 0.1) is 5.92 Å². The fraction of sp³-hybridized carbons (Fsp3) is 0.529. The second-order valence-corrected chi connectivity index (χ2v) is 7.76. The van der Waals surface area contributed by atoms with Crippen LogP contribution in [0.3, 0.4) is 0 Å². The topological polar surface area (TPSA) is 119 Å². The number of aliphatic carboxylic acids is 1. The first-order valence-corrected chi connectivity index (χ1v) is 9.71. The number of hydrogen-bond acceptors (Lipinski definition) is 5. The minimum absolute atomic E-state index is 0.210. The van der Waals surface area contributed by atoms with Gasteiger partial charge in [-0.1, -0.05) is 24.4 Å². The second kappa shape index (κ2) is 9.70. The molecule has 1 unspecified atom stereocenters. The summed E-state index contributed by atoms with van der Waals surface area (Å²) in [7, 11) is -1.37. The zero-order chi connectivity index (χ0) is 20.0. The van der Waals surface area contributed by atoms with E-state index in [-0.39, 0.29) is 18.7 Å². The number of rotatable bonds is 8. The van der Waals surface area contributed by atoms with Crippen molar-refractivity contribution in [3.8, 4) is 0 Å². The largest absolute Gasteiger partial charge is 0.480 e.